The lowest BCUT2D eigenvalue weighted by atomic mass is 10.1. The lowest BCUT2D eigenvalue weighted by Crippen LogP contribution is -2.35. The van der Waals surface area contributed by atoms with Crippen LogP contribution in [0.3, 0.4) is 0 Å². The van der Waals surface area contributed by atoms with Gasteiger partial charge in [-0.2, -0.15) is 0 Å². The smallest absolute Gasteiger partial charge is 0.320 e. The number of hydrogen-bond acceptors (Lipinski definition) is 4. The van der Waals surface area contributed by atoms with Crippen molar-refractivity contribution in [2.45, 2.75) is 44.2 Å². The van der Waals surface area contributed by atoms with Crippen LogP contribution < -0.4 is 11.1 Å². The van der Waals surface area contributed by atoms with Crippen LogP contribution in [0.15, 0.2) is 0 Å². The highest BCUT2D eigenvalue weighted by molar-refractivity contribution is 5.80. The van der Waals surface area contributed by atoms with E-state index in [-0.39, 0.29) is 12.0 Å². The third kappa shape index (κ3) is 5.14. The zero-order valence-corrected chi connectivity index (χ0v) is 9.85. The quantitative estimate of drug-likeness (QED) is 0.541. The molecule has 1 amide bonds. The van der Waals surface area contributed by atoms with Gasteiger partial charge in [0.15, 0.2) is 0 Å². The molecule has 2 atom stereocenters. The van der Waals surface area contributed by atoms with Crippen LogP contribution in [0.4, 0.5) is 0 Å². The van der Waals surface area contributed by atoms with E-state index in [4.69, 9.17) is 15.6 Å². The molecule has 0 aromatic carbocycles. The number of nitrogens with one attached hydrogen (secondary N) is 1. The molecule has 0 spiro atoms. The fourth-order valence-corrected chi connectivity index (χ4v) is 1.72. The third-order valence-corrected chi connectivity index (χ3v) is 2.78. The molecular weight excluding hydrogens is 224 g/mol. The number of unbranched alkanes of at least 4 members (excludes halogenated alkanes) is 1. The Morgan fingerprint density at radius 1 is 1.47 bits per heavy atom. The normalized spacial score (nSPS) is 21.1. The number of carbonyl (C=O) groups is 2. The summed E-state index contributed by atoms with van der Waals surface area (Å²) in [5.74, 6) is -1.04. The van der Waals surface area contributed by atoms with Crippen LogP contribution in [0.25, 0.3) is 0 Å². The zero-order chi connectivity index (χ0) is 12.7. The lowest BCUT2D eigenvalue weighted by Gasteiger charge is -2.10. The summed E-state index contributed by atoms with van der Waals surface area (Å²) in [5.41, 5.74) is 5.35. The van der Waals surface area contributed by atoms with Crippen molar-refractivity contribution in [1.29, 1.82) is 0 Å². The molecule has 1 saturated heterocycles. The standard InChI is InChI=1S/C11H20N2O4/c12-8(11(15)16)4-1-2-6-13-10(14)9-5-3-7-17-9/h8-9H,1-7,12H2,(H,13,14)(H,15,16)/t8?,9-/m1/s1. The van der Waals surface area contributed by atoms with Gasteiger partial charge in [-0.25, -0.2) is 0 Å². The molecule has 0 saturated carbocycles. The molecule has 6 nitrogen and oxygen atoms in total. The molecule has 98 valence electrons. The van der Waals surface area contributed by atoms with Crippen LogP contribution in [0, 0.1) is 0 Å². The molecule has 4 N–H and O–H groups in total. The van der Waals surface area contributed by atoms with E-state index in [0.29, 0.717) is 26.0 Å². The Morgan fingerprint density at radius 2 is 2.24 bits per heavy atom. The molecule has 1 fully saturated rings. The van der Waals surface area contributed by atoms with Gasteiger partial charge in [-0.1, -0.05) is 0 Å². The van der Waals surface area contributed by atoms with Crippen molar-refractivity contribution < 1.29 is 19.4 Å². The largest absolute Gasteiger partial charge is 0.480 e. The predicted octanol–water partition coefficient (Wildman–Crippen LogP) is -0.136. The molecular formula is C11H20N2O4. The molecule has 1 unspecified atom stereocenters. The fourth-order valence-electron chi connectivity index (χ4n) is 1.72. The summed E-state index contributed by atoms with van der Waals surface area (Å²) in [4.78, 5) is 21.9. The molecule has 1 rings (SSSR count). The summed E-state index contributed by atoms with van der Waals surface area (Å²) in [6, 6.07) is -0.802. The van der Waals surface area contributed by atoms with E-state index in [1.165, 1.54) is 0 Å². The topological polar surface area (TPSA) is 102 Å². The van der Waals surface area contributed by atoms with Gasteiger partial charge in [-0.15, -0.1) is 0 Å². The van der Waals surface area contributed by atoms with Crippen LogP contribution >= 0.6 is 0 Å². The van der Waals surface area contributed by atoms with Crippen molar-refractivity contribution in [2.75, 3.05) is 13.2 Å². The van der Waals surface area contributed by atoms with Crippen molar-refractivity contribution in [3.8, 4) is 0 Å². The second kappa shape index (κ2) is 7.24. The summed E-state index contributed by atoms with van der Waals surface area (Å²) < 4.78 is 5.23. The Morgan fingerprint density at radius 3 is 2.82 bits per heavy atom. The number of rotatable bonds is 7. The van der Waals surface area contributed by atoms with Gasteiger partial charge < -0.3 is 20.9 Å². The van der Waals surface area contributed by atoms with Gasteiger partial charge in [0, 0.05) is 13.2 Å². The molecule has 0 bridgehead atoms. The number of nitrogens with two attached hydrogens (primary N) is 1. The van der Waals surface area contributed by atoms with E-state index in [1.54, 1.807) is 0 Å². The Bertz CT molecular complexity index is 264. The molecule has 6 heteroatoms. The summed E-state index contributed by atoms with van der Waals surface area (Å²) in [7, 11) is 0. The van der Waals surface area contributed by atoms with Crippen molar-refractivity contribution in [1.82, 2.24) is 5.32 Å². The van der Waals surface area contributed by atoms with Gasteiger partial charge in [0.2, 0.25) is 5.91 Å². The highest BCUT2D eigenvalue weighted by Crippen LogP contribution is 2.11. The molecule has 1 aliphatic rings. The number of hydrogen-bond donors (Lipinski definition) is 3. The highest BCUT2D eigenvalue weighted by Gasteiger charge is 2.22. The molecule has 0 aromatic heterocycles. The van der Waals surface area contributed by atoms with Crippen LogP contribution in [0.1, 0.15) is 32.1 Å². The average molecular weight is 244 g/mol. The van der Waals surface area contributed by atoms with E-state index in [0.717, 1.165) is 19.3 Å². The molecule has 17 heavy (non-hydrogen) atoms. The van der Waals surface area contributed by atoms with Crippen LogP contribution in [0.2, 0.25) is 0 Å². The third-order valence-electron chi connectivity index (χ3n) is 2.78. The minimum Gasteiger partial charge on any atom is -0.480 e. The maximum absolute atomic E-state index is 11.5. The first-order chi connectivity index (χ1) is 8.11. The number of carbonyl (C=O) groups excluding carboxylic acids is 1. The minimum absolute atomic E-state index is 0.0648. The second-order valence-corrected chi connectivity index (χ2v) is 4.23. The van der Waals surface area contributed by atoms with Gasteiger partial charge in [-0.3, -0.25) is 9.59 Å². The molecule has 0 aliphatic carbocycles. The summed E-state index contributed by atoms with van der Waals surface area (Å²) >= 11 is 0. The van der Waals surface area contributed by atoms with Crippen molar-refractivity contribution in [3.05, 3.63) is 0 Å². The van der Waals surface area contributed by atoms with Gasteiger partial charge in [-0.05, 0) is 32.1 Å². The van der Waals surface area contributed by atoms with Crippen LogP contribution in [-0.2, 0) is 14.3 Å². The van der Waals surface area contributed by atoms with Gasteiger partial charge in [0.25, 0.3) is 0 Å². The number of amides is 1. The Hall–Kier alpha value is -1.14. The summed E-state index contributed by atoms with van der Waals surface area (Å²) in [6.07, 6.45) is 3.29. The molecule has 0 radical (unpaired) electrons. The highest BCUT2D eigenvalue weighted by atomic mass is 16.5. The predicted molar refractivity (Wildman–Crippen MR) is 61.4 cm³/mol. The Balaban J connectivity index is 2.00. The van der Waals surface area contributed by atoms with E-state index >= 15 is 0 Å². The van der Waals surface area contributed by atoms with Crippen LogP contribution in [-0.4, -0.2) is 42.3 Å². The van der Waals surface area contributed by atoms with Crippen molar-refractivity contribution >= 4 is 11.9 Å². The van der Waals surface area contributed by atoms with Crippen molar-refractivity contribution in [2.24, 2.45) is 5.73 Å². The monoisotopic (exact) mass is 244 g/mol. The van der Waals surface area contributed by atoms with Gasteiger partial charge in [0.1, 0.15) is 12.1 Å². The number of ether oxygens (including phenoxy) is 1. The first-order valence-corrected chi connectivity index (χ1v) is 5.99. The second-order valence-electron chi connectivity index (χ2n) is 4.23. The van der Waals surface area contributed by atoms with E-state index in [1.807, 2.05) is 0 Å². The number of carboxylic acid groups (broad SMARTS) is 1. The maximum atomic E-state index is 11.5. The molecule has 1 aliphatic heterocycles. The fraction of sp³-hybridized carbons (Fsp3) is 0.818. The Kier molecular flexibility index (Phi) is 5.93. The first-order valence-electron chi connectivity index (χ1n) is 5.99. The minimum atomic E-state index is -0.978. The van der Waals surface area contributed by atoms with Gasteiger partial charge in [0.05, 0.1) is 0 Å². The zero-order valence-electron chi connectivity index (χ0n) is 9.85. The maximum Gasteiger partial charge on any atom is 0.320 e. The lowest BCUT2D eigenvalue weighted by molar-refractivity contribution is -0.138. The molecule has 1 heterocycles. The molecule has 0 aromatic rings. The van der Waals surface area contributed by atoms with Crippen molar-refractivity contribution in [3.63, 3.8) is 0 Å². The first kappa shape index (κ1) is 13.9. The van der Waals surface area contributed by atoms with E-state index < -0.39 is 12.0 Å². The van der Waals surface area contributed by atoms with E-state index in [2.05, 4.69) is 5.32 Å². The Labute approximate surface area is 101 Å². The number of carboxylic acids is 1. The number of aliphatic carboxylic acids is 1. The summed E-state index contributed by atoms with van der Waals surface area (Å²) in [5, 5.41) is 11.3. The van der Waals surface area contributed by atoms with Gasteiger partial charge >= 0.3 is 5.97 Å². The SMILES string of the molecule is NC(CCCCNC(=O)[C@H]1CCCO1)C(=O)O. The summed E-state index contributed by atoms with van der Waals surface area (Å²) in [6.45, 7) is 1.20. The van der Waals surface area contributed by atoms with E-state index in [9.17, 15) is 9.59 Å². The van der Waals surface area contributed by atoms with Crippen LogP contribution in [0.5, 0.6) is 0 Å². The average Bonchev–Trinajstić information content (AvgIpc) is 2.81.